The van der Waals surface area contributed by atoms with Crippen LogP contribution in [0.1, 0.15) is 52.7 Å². The highest BCUT2D eigenvalue weighted by Gasteiger charge is 2.36. The minimum Gasteiger partial charge on any atom is -0.397 e. The number of hydrogen-bond donors (Lipinski definition) is 2. The molecule has 0 amide bonds. The smallest absolute Gasteiger partial charge is 0.397 e. The van der Waals surface area contributed by atoms with Crippen molar-refractivity contribution in [3.05, 3.63) is 81.0 Å². The van der Waals surface area contributed by atoms with Crippen LogP contribution in [0.2, 0.25) is 0 Å². The maximum absolute atomic E-state index is 14.5. The number of aromatic nitrogens is 3. The summed E-state index contributed by atoms with van der Waals surface area (Å²) in [5.74, 6) is -2.67. The van der Waals surface area contributed by atoms with E-state index in [0.717, 1.165) is 24.5 Å². The summed E-state index contributed by atoms with van der Waals surface area (Å²) in [5.41, 5.74) is 0.415. The molecule has 3 aromatic rings. The lowest BCUT2D eigenvalue weighted by Gasteiger charge is -2.14. The molecule has 0 fully saturated rings. The van der Waals surface area contributed by atoms with Crippen LogP contribution in [0.4, 0.5) is 45.2 Å². The Bertz CT molecular complexity index is 1460. The number of anilines is 1. The third-order valence-electron chi connectivity index (χ3n) is 5.79. The molecular formula is C27H26F9N5O3. The van der Waals surface area contributed by atoms with Crippen LogP contribution in [-0.2, 0) is 10.9 Å². The number of nitrogen functional groups attached to an aromatic ring is 1. The predicted octanol–water partition coefficient (Wildman–Crippen LogP) is 6.46. The van der Waals surface area contributed by atoms with E-state index >= 15 is 0 Å². The summed E-state index contributed by atoms with van der Waals surface area (Å²) in [6.07, 6.45) is -0.890. The summed E-state index contributed by atoms with van der Waals surface area (Å²) in [7, 11) is 1.72. The van der Waals surface area contributed by atoms with Gasteiger partial charge in [-0.3, -0.25) is 14.6 Å². The number of aromatic amines is 1. The molecule has 44 heavy (non-hydrogen) atoms. The Kier molecular flexibility index (Phi) is 13.4. The van der Waals surface area contributed by atoms with Crippen molar-refractivity contribution in [2.45, 2.75) is 38.5 Å². The highest BCUT2D eigenvalue weighted by atomic mass is 19.4. The number of nitrogens with two attached hydrogens (primary N) is 1. The van der Waals surface area contributed by atoms with E-state index in [4.69, 9.17) is 5.73 Å². The molecule has 3 rings (SSSR count). The number of rotatable bonds is 12. The van der Waals surface area contributed by atoms with Crippen LogP contribution in [0.15, 0.2) is 41.6 Å². The van der Waals surface area contributed by atoms with Gasteiger partial charge in [-0.1, -0.05) is 0 Å². The molecule has 0 aliphatic heterocycles. The molecule has 0 aliphatic rings. The number of unbranched alkanes of at least 4 members (excludes halogenated alkanes) is 2. The molecule has 2 aromatic heterocycles. The molecule has 0 radical (unpaired) electrons. The van der Waals surface area contributed by atoms with Gasteiger partial charge in [-0.05, 0) is 55.3 Å². The Morgan fingerprint density at radius 3 is 2.30 bits per heavy atom. The maximum atomic E-state index is 14.5. The zero-order chi connectivity index (χ0) is 33.0. The van der Waals surface area contributed by atoms with E-state index < -0.39 is 53.2 Å². The molecule has 0 saturated heterocycles. The van der Waals surface area contributed by atoms with E-state index in [1.165, 1.54) is 12.1 Å². The molecule has 0 aliphatic carbocycles. The fourth-order valence-corrected chi connectivity index (χ4v) is 3.60. The van der Waals surface area contributed by atoms with E-state index in [-0.39, 0.29) is 35.3 Å². The largest absolute Gasteiger partial charge is 0.423 e. The first kappa shape index (κ1) is 35.8. The second kappa shape index (κ2) is 16.4. The van der Waals surface area contributed by atoms with Crippen molar-refractivity contribution in [1.29, 1.82) is 0 Å². The molecule has 0 unspecified atom stereocenters. The van der Waals surface area contributed by atoms with Crippen molar-refractivity contribution in [2.75, 3.05) is 25.9 Å². The van der Waals surface area contributed by atoms with Crippen molar-refractivity contribution < 1.29 is 49.0 Å². The number of alkyl halides is 7. The fraction of sp³-hybridized carbons (Fsp3) is 0.333. The summed E-state index contributed by atoms with van der Waals surface area (Å²) < 4.78 is 118. The first-order valence-corrected chi connectivity index (χ1v) is 12.6. The summed E-state index contributed by atoms with van der Waals surface area (Å²) in [6.45, 7) is -2.27. The fourth-order valence-electron chi connectivity index (χ4n) is 3.60. The van der Waals surface area contributed by atoms with Gasteiger partial charge in [0.15, 0.2) is 17.9 Å². The minimum absolute atomic E-state index is 0.0378. The average Bonchev–Trinajstić information content (AvgIpc) is 2.95. The molecule has 1 aromatic carbocycles. The van der Waals surface area contributed by atoms with E-state index in [1.54, 1.807) is 23.2 Å². The molecule has 8 nitrogen and oxygen atoms in total. The van der Waals surface area contributed by atoms with Gasteiger partial charge in [-0.2, -0.15) is 27.1 Å². The zero-order valence-corrected chi connectivity index (χ0v) is 22.9. The number of carbonyl (C=O) groups is 1. The maximum Gasteiger partial charge on any atom is 0.423 e. The Morgan fingerprint density at radius 1 is 1.07 bits per heavy atom. The summed E-state index contributed by atoms with van der Waals surface area (Å²) >= 11 is 0. The summed E-state index contributed by atoms with van der Waals surface area (Å²) in [6, 6.07) is 3.43. The number of hydrogen-bond acceptors (Lipinski definition) is 7. The van der Waals surface area contributed by atoms with Gasteiger partial charge < -0.3 is 15.4 Å². The van der Waals surface area contributed by atoms with Gasteiger partial charge in [0, 0.05) is 30.9 Å². The van der Waals surface area contributed by atoms with Crippen LogP contribution in [0.5, 0.6) is 0 Å². The van der Waals surface area contributed by atoms with Gasteiger partial charge in [0.1, 0.15) is 5.56 Å². The summed E-state index contributed by atoms with van der Waals surface area (Å²) in [4.78, 5) is 27.4. The van der Waals surface area contributed by atoms with Crippen LogP contribution in [-0.4, -0.2) is 53.2 Å². The van der Waals surface area contributed by atoms with E-state index in [9.17, 15) is 49.1 Å². The molecule has 0 spiro atoms. The number of benzene rings is 1. The third-order valence-corrected chi connectivity index (χ3v) is 5.79. The Balaban J connectivity index is 0.000000469. The van der Waals surface area contributed by atoms with E-state index in [2.05, 4.69) is 14.8 Å². The van der Waals surface area contributed by atoms with Gasteiger partial charge in [-0.15, -0.1) is 0 Å². The number of carbonyl (C=O) groups excluding carboxylic acids is 1. The normalized spacial score (nSPS) is 11.6. The summed E-state index contributed by atoms with van der Waals surface area (Å²) in [5, 5.41) is 4.74. The number of aldehydes is 1. The first-order valence-electron chi connectivity index (χ1n) is 12.6. The second-order valence-electron chi connectivity index (χ2n) is 8.97. The molecule has 240 valence electrons. The zero-order valence-electron chi connectivity index (χ0n) is 22.9. The van der Waals surface area contributed by atoms with Crippen molar-refractivity contribution in [2.24, 2.45) is 0 Å². The third kappa shape index (κ3) is 10.4. The van der Waals surface area contributed by atoms with Gasteiger partial charge in [0.05, 0.1) is 29.7 Å². The molecule has 17 heteroatoms. The van der Waals surface area contributed by atoms with Crippen molar-refractivity contribution in [3.8, 4) is 11.3 Å². The minimum atomic E-state index is -4.74. The van der Waals surface area contributed by atoms with Crippen LogP contribution in [0, 0.1) is 11.6 Å². The highest BCUT2D eigenvalue weighted by Crippen LogP contribution is 2.30. The lowest BCUT2D eigenvalue weighted by molar-refractivity contribution is -0.138. The predicted molar refractivity (Wildman–Crippen MR) is 142 cm³/mol. The monoisotopic (exact) mass is 639 g/mol. The van der Waals surface area contributed by atoms with Crippen molar-refractivity contribution in [1.82, 2.24) is 20.1 Å². The van der Waals surface area contributed by atoms with Crippen LogP contribution in [0.3, 0.4) is 0 Å². The lowest BCUT2D eigenvalue weighted by atomic mass is 10.0. The molecule has 0 saturated carbocycles. The number of nitrogens with one attached hydrogen (secondary N) is 1. The van der Waals surface area contributed by atoms with Gasteiger partial charge in [0.25, 0.3) is 12.0 Å². The van der Waals surface area contributed by atoms with Gasteiger partial charge >= 0.3 is 12.8 Å². The Hall–Kier alpha value is -4.41. The van der Waals surface area contributed by atoms with E-state index in [0.29, 0.717) is 25.8 Å². The van der Waals surface area contributed by atoms with Crippen LogP contribution >= 0.6 is 0 Å². The van der Waals surface area contributed by atoms with Crippen LogP contribution in [0.25, 0.3) is 17.3 Å². The highest BCUT2D eigenvalue weighted by molar-refractivity contribution is 5.84. The number of ether oxygens (including phenoxy) is 1. The van der Waals surface area contributed by atoms with Gasteiger partial charge in [-0.25, -0.2) is 22.7 Å². The first-order chi connectivity index (χ1) is 20.7. The molecular weight excluding hydrogens is 613 g/mol. The molecule has 0 atom stereocenters. The Morgan fingerprint density at radius 2 is 1.77 bits per heavy atom. The SMILES string of the molecule is CN(/C=C\c1cc(-c2ccc(C(F)F)cn2)c(F)c(F)c1C=O)CCCCCOC(F)F.Nc1cn[nH]c(=O)c1C(F)(F)F. The topological polar surface area (TPSA) is 114 Å². The van der Waals surface area contributed by atoms with E-state index in [1.807, 2.05) is 0 Å². The quantitative estimate of drug-likeness (QED) is 0.133. The van der Waals surface area contributed by atoms with Crippen molar-refractivity contribution >= 4 is 18.0 Å². The number of nitrogens with zero attached hydrogens (tertiary/aromatic N) is 3. The number of H-pyrrole nitrogens is 1. The lowest BCUT2D eigenvalue weighted by Crippen LogP contribution is -2.24. The number of halogens is 9. The standard InChI is InChI=1S/C22H22F6N2O2.C5H4F3N3O/c1-30(8-3-2-4-10-32-22(27)28)9-7-14-11-16(19(23)20(24)17(14)13-31)18-6-5-15(12-29-18)21(25)26;6-5(7,8)3-2(9)1-10-11-4(3)12/h5-7,9,11-13,21-22H,2-4,8,10H2,1H3;1H,(H3,9,11,12)/b9-7-;. The average molecular weight is 640 g/mol. The Labute approximate surface area is 244 Å². The number of pyridine rings is 1. The molecule has 3 N–H and O–H groups in total. The second-order valence-corrected chi connectivity index (χ2v) is 8.97. The molecule has 0 bridgehead atoms. The van der Waals surface area contributed by atoms with Gasteiger partial charge in [0.2, 0.25) is 0 Å². The van der Waals surface area contributed by atoms with Crippen molar-refractivity contribution in [3.63, 3.8) is 0 Å². The molecule has 2 heterocycles. The van der Waals surface area contributed by atoms with Crippen LogP contribution < -0.4 is 11.3 Å².